The molecule has 3 aliphatic rings. The fourth-order valence-electron chi connectivity index (χ4n) is 5.91. The van der Waals surface area contributed by atoms with Crippen molar-refractivity contribution in [3.63, 3.8) is 0 Å². The van der Waals surface area contributed by atoms with E-state index >= 15 is 0 Å². The van der Waals surface area contributed by atoms with Crippen LogP contribution in [0.15, 0.2) is 60.3 Å². The number of aromatic nitrogens is 1. The van der Waals surface area contributed by atoms with Gasteiger partial charge in [-0.25, -0.2) is 4.98 Å². The summed E-state index contributed by atoms with van der Waals surface area (Å²) in [5.41, 5.74) is 11.5. The van der Waals surface area contributed by atoms with Crippen molar-refractivity contribution >= 4 is 11.5 Å². The maximum Gasteiger partial charge on any atom is 0.307 e. The number of aliphatic carboxylic acids is 1. The number of nitrogens with zero attached hydrogens (tertiary/aromatic N) is 1. The molecule has 1 fully saturated rings. The molecule has 0 bridgehead atoms. The third kappa shape index (κ3) is 3.36. The third-order valence-electron chi connectivity index (χ3n) is 7.71. The van der Waals surface area contributed by atoms with Gasteiger partial charge < -0.3 is 9.84 Å². The SMILES string of the molecule is CC1=C(c2ccccc2C)c2cc(COc3cc4c(cn3)[C@H]3[C@@H](C4)[C@@H]3C(=O)O)ccc2CC1. The van der Waals surface area contributed by atoms with Gasteiger partial charge in [0.05, 0.1) is 5.92 Å². The van der Waals surface area contributed by atoms with Crippen LogP contribution in [0.3, 0.4) is 0 Å². The quantitative estimate of drug-likeness (QED) is 0.556. The number of aryl methyl sites for hydroxylation is 2. The highest BCUT2D eigenvalue weighted by atomic mass is 16.5. The van der Waals surface area contributed by atoms with E-state index in [-0.39, 0.29) is 17.8 Å². The van der Waals surface area contributed by atoms with Crippen molar-refractivity contribution in [2.75, 3.05) is 0 Å². The normalized spacial score (nSPS) is 22.4. The lowest BCUT2D eigenvalue weighted by atomic mass is 9.81. The van der Waals surface area contributed by atoms with E-state index in [0.717, 1.165) is 30.4 Å². The number of carboxylic acids is 1. The van der Waals surface area contributed by atoms with Crippen LogP contribution in [0.5, 0.6) is 5.88 Å². The number of carboxylic acid groups (broad SMARTS) is 1. The van der Waals surface area contributed by atoms with E-state index in [1.807, 2.05) is 12.3 Å². The van der Waals surface area contributed by atoms with Gasteiger partial charge in [-0.15, -0.1) is 0 Å². The van der Waals surface area contributed by atoms with Crippen LogP contribution in [-0.2, 0) is 24.2 Å². The Morgan fingerprint density at radius 3 is 2.73 bits per heavy atom. The van der Waals surface area contributed by atoms with Crippen LogP contribution in [0.4, 0.5) is 0 Å². The molecule has 2 aromatic carbocycles. The van der Waals surface area contributed by atoms with E-state index in [2.05, 4.69) is 61.3 Å². The summed E-state index contributed by atoms with van der Waals surface area (Å²) < 4.78 is 6.08. The number of hydrogen-bond donors (Lipinski definition) is 1. The molecule has 1 N–H and O–H groups in total. The number of fused-ring (bicyclic) bond motifs is 4. The van der Waals surface area contributed by atoms with Gasteiger partial charge in [0.25, 0.3) is 0 Å². The fourth-order valence-corrected chi connectivity index (χ4v) is 5.91. The molecule has 1 heterocycles. The Morgan fingerprint density at radius 2 is 1.91 bits per heavy atom. The van der Waals surface area contributed by atoms with Crippen LogP contribution in [0.1, 0.15) is 58.2 Å². The largest absolute Gasteiger partial charge is 0.481 e. The first kappa shape index (κ1) is 20.2. The van der Waals surface area contributed by atoms with Crippen molar-refractivity contribution in [1.29, 1.82) is 0 Å². The summed E-state index contributed by atoms with van der Waals surface area (Å²) in [4.78, 5) is 15.8. The maximum absolute atomic E-state index is 11.3. The molecule has 0 unspecified atom stereocenters. The van der Waals surface area contributed by atoms with Gasteiger partial charge >= 0.3 is 5.97 Å². The molecular weight excluding hydrogens is 410 g/mol. The topological polar surface area (TPSA) is 59.4 Å². The summed E-state index contributed by atoms with van der Waals surface area (Å²) in [6.07, 6.45) is 4.81. The number of pyridine rings is 1. The molecule has 0 spiro atoms. The highest BCUT2D eigenvalue weighted by Crippen LogP contribution is 2.61. The molecule has 3 atom stereocenters. The van der Waals surface area contributed by atoms with Crippen LogP contribution < -0.4 is 4.74 Å². The van der Waals surface area contributed by atoms with Gasteiger partial charge in [-0.05, 0) is 89.6 Å². The molecule has 4 nitrogen and oxygen atoms in total. The molecule has 0 saturated heterocycles. The minimum Gasteiger partial charge on any atom is -0.481 e. The zero-order valence-corrected chi connectivity index (χ0v) is 19.0. The number of allylic oxidation sites excluding steroid dienone is 1. The zero-order valence-electron chi connectivity index (χ0n) is 19.0. The summed E-state index contributed by atoms with van der Waals surface area (Å²) in [6.45, 7) is 4.89. The lowest BCUT2D eigenvalue weighted by Crippen LogP contribution is -2.08. The van der Waals surface area contributed by atoms with Crippen LogP contribution >= 0.6 is 0 Å². The second-order valence-corrected chi connectivity index (χ2v) is 9.73. The van der Waals surface area contributed by atoms with Crippen LogP contribution in [0, 0.1) is 18.8 Å². The van der Waals surface area contributed by atoms with E-state index in [9.17, 15) is 9.90 Å². The minimum atomic E-state index is -0.683. The predicted octanol–water partition coefficient (Wildman–Crippen LogP) is 5.71. The molecule has 33 heavy (non-hydrogen) atoms. The van der Waals surface area contributed by atoms with Gasteiger partial charge in [0, 0.05) is 18.2 Å². The van der Waals surface area contributed by atoms with E-state index in [1.54, 1.807) is 0 Å². The first-order chi connectivity index (χ1) is 16.0. The van der Waals surface area contributed by atoms with Crippen molar-refractivity contribution in [3.8, 4) is 5.88 Å². The van der Waals surface area contributed by atoms with Crippen molar-refractivity contribution in [1.82, 2.24) is 4.98 Å². The molecular formula is C29H27NO3. The first-order valence-electron chi connectivity index (χ1n) is 11.7. The second kappa shape index (κ2) is 7.58. The highest BCUT2D eigenvalue weighted by Gasteiger charge is 2.59. The first-order valence-corrected chi connectivity index (χ1v) is 11.7. The highest BCUT2D eigenvalue weighted by molar-refractivity contribution is 5.86. The second-order valence-electron chi connectivity index (χ2n) is 9.73. The Morgan fingerprint density at radius 1 is 1.06 bits per heavy atom. The van der Waals surface area contributed by atoms with Gasteiger partial charge in [-0.2, -0.15) is 0 Å². The molecule has 1 aromatic heterocycles. The summed E-state index contributed by atoms with van der Waals surface area (Å²) in [5, 5.41) is 9.31. The zero-order chi connectivity index (χ0) is 22.7. The van der Waals surface area contributed by atoms with Crippen molar-refractivity contribution < 1.29 is 14.6 Å². The summed E-state index contributed by atoms with van der Waals surface area (Å²) in [5.74, 6) is 0.100. The maximum atomic E-state index is 11.3. The summed E-state index contributed by atoms with van der Waals surface area (Å²) in [7, 11) is 0. The number of ether oxygens (including phenoxy) is 1. The molecule has 6 rings (SSSR count). The van der Waals surface area contributed by atoms with Gasteiger partial charge in [-0.1, -0.05) is 42.0 Å². The Kier molecular flexibility index (Phi) is 4.65. The molecule has 3 aromatic rings. The van der Waals surface area contributed by atoms with Gasteiger partial charge in [-0.3, -0.25) is 4.79 Å². The minimum absolute atomic E-state index is 0.148. The average Bonchev–Trinajstić information content (AvgIpc) is 3.41. The van der Waals surface area contributed by atoms with Crippen molar-refractivity contribution in [2.45, 2.75) is 45.6 Å². The Balaban J connectivity index is 1.23. The van der Waals surface area contributed by atoms with Crippen LogP contribution in [-0.4, -0.2) is 16.1 Å². The molecule has 0 aliphatic heterocycles. The summed E-state index contributed by atoms with van der Waals surface area (Å²) >= 11 is 0. The molecule has 0 amide bonds. The van der Waals surface area contributed by atoms with Gasteiger partial charge in [0.1, 0.15) is 6.61 Å². The van der Waals surface area contributed by atoms with Crippen molar-refractivity contribution in [2.24, 2.45) is 11.8 Å². The fraction of sp³-hybridized carbons (Fsp3) is 0.310. The van der Waals surface area contributed by atoms with Crippen LogP contribution in [0.25, 0.3) is 5.57 Å². The van der Waals surface area contributed by atoms with Gasteiger partial charge in [0.2, 0.25) is 5.88 Å². The van der Waals surface area contributed by atoms with E-state index in [0.29, 0.717) is 12.5 Å². The Hall–Kier alpha value is -3.40. The lowest BCUT2D eigenvalue weighted by Gasteiger charge is -2.24. The van der Waals surface area contributed by atoms with Crippen LogP contribution in [0.2, 0.25) is 0 Å². The Bertz CT molecular complexity index is 1320. The van der Waals surface area contributed by atoms with E-state index < -0.39 is 5.97 Å². The molecule has 4 heteroatoms. The van der Waals surface area contributed by atoms with Gasteiger partial charge in [0.15, 0.2) is 0 Å². The number of benzene rings is 2. The number of rotatable bonds is 5. The summed E-state index contributed by atoms with van der Waals surface area (Å²) in [6, 6.07) is 17.3. The van der Waals surface area contributed by atoms with E-state index in [1.165, 1.54) is 39.0 Å². The average molecular weight is 438 g/mol. The monoisotopic (exact) mass is 437 g/mol. The standard InChI is InChI=1S/C29H27NO3/c1-16-5-3-4-6-21(16)26-17(2)7-9-19-10-8-18(11-22(19)26)15-33-25-13-20-12-23-27(24(20)14-30-25)28(23)29(31)32/h3-6,8,10-11,13-14,23,27-28H,7,9,12,15H2,1-2H3,(H,31,32)/t23-,27-,28+/m1/s1. The predicted molar refractivity (Wildman–Crippen MR) is 127 cm³/mol. The lowest BCUT2D eigenvalue weighted by molar-refractivity contribution is -0.139. The smallest absolute Gasteiger partial charge is 0.307 e. The third-order valence-corrected chi connectivity index (χ3v) is 7.71. The Labute approximate surface area is 194 Å². The van der Waals surface area contributed by atoms with Crippen molar-refractivity contribution in [3.05, 3.63) is 99.2 Å². The molecule has 166 valence electrons. The number of carbonyl (C=O) groups is 1. The number of hydrogen-bond acceptors (Lipinski definition) is 3. The van der Waals surface area contributed by atoms with E-state index in [4.69, 9.17) is 4.74 Å². The molecule has 0 radical (unpaired) electrons. The molecule has 3 aliphatic carbocycles. The molecule has 1 saturated carbocycles.